The number of hydrogen-bond donors (Lipinski definition) is 1. The molecule has 0 bridgehead atoms. The molecule has 2 aromatic rings. The Hall–Kier alpha value is -2.96. The predicted octanol–water partition coefficient (Wildman–Crippen LogP) is 3.19. The van der Waals surface area contributed by atoms with E-state index in [2.05, 4.69) is 5.43 Å². The van der Waals surface area contributed by atoms with E-state index >= 15 is 0 Å². The maximum atomic E-state index is 14.0. The van der Waals surface area contributed by atoms with E-state index in [9.17, 15) is 18.4 Å². The van der Waals surface area contributed by atoms with Crippen molar-refractivity contribution in [1.82, 2.24) is 5.01 Å². The van der Waals surface area contributed by atoms with Crippen molar-refractivity contribution >= 4 is 17.7 Å². The number of ether oxygens (including phenoxy) is 1. The summed E-state index contributed by atoms with van der Waals surface area (Å²) in [5.74, 6) is -2.41. The maximum Gasteiger partial charge on any atom is 0.437 e. The molecule has 0 radical (unpaired) electrons. The number of carbonyl (C=O) groups is 2. The molecule has 1 atom stereocenters. The smallest absolute Gasteiger partial charge is 0.426 e. The number of halogens is 2. The zero-order valence-electron chi connectivity index (χ0n) is 12.0. The number of imide groups is 1. The monoisotopic (exact) mass is 318 g/mol. The number of carbonyl (C=O) groups excluding carboxylic acids is 2. The molecule has 0 spiro atoms. The van der Waals surface area contributed by atoms with Gasteiger partial charge in [-0.15, -0.1) is 5.01 Å². The number of nitrogens with one attached hydrogen (secondary N) is 1. The molecule has 1 aliphatic heterocycles. The van der Waals surface area contributed by atoms with Gasteiger partial charge in [-0.25, -0.2) is 13.6 Å². The summed E-state index contributed by atoms with van der Waals surface area (Å²) in [7, 11) is 0. The number of anilines is 1. The lowest BCUT2D eigenvalue weighted by Crippen LogP contribution is -2.40. The van der Waals surface area contributed by atoms with E-state index in [0.29, 0.717) is 10.7 Å². The van der Waals surface area contributed by atoms with Crippen molar-refractivity contribution in [2.75, 3.05) is 5.43 Å². The second-order valence-electron chi connectivity index (χ2n) is 5.14. The number of rotatable bonds is 3. The van der Waals surface area contributed by atoms with Gasteiger partial charge in [0.1, 0.15) is 11.6 Å². The first-order chi connectivity index (χ1) is 10.9. The van der Waals surface area contributed by atoms with Crippen LogP contribution in [0.2, 0.25) is 0 Å². The van der Waals surface area contributed by atoms with E-state index in [0.717, 1.165) is 18.2 Å². The highest BCUT2D eigenvalue weighted by Crippen LogP contribution is 2.36. The molecular weight excluding hydrogens is 306 g/mol. The number of benzene rings is 2. The van der Waals surface area contributed by atoms with E-state index < -0.39 is 29.2 Å². The Labute approximate surface area is 130 Å². The molecule has 0 aromatic heterocycles. The van der Waals surface area contributed by atoms with E-state index in [1.54, 1.807) is 30.3 Å². The fourth-order valence-electron chi connectivity index (χ4n) is 2.33. The normalized spacial score (nSPS) is 20.6. The van der Waals surface area contributed by atoms with Gasteiger partial charge in [0.2, 0.25) is 5.60 Å². The lowest BCUT2D eigenvalue weighted by molar-refractivity contribution is -0.135. The van der Waals surface area contributed by atoms with Gasteiger partial charge in [0.25, 0.3) is 5.91 Å². The van der Waals surface area contributed by atoms with E-state index in [1.165, 1.54) is 6.92 Å². The van der Waals surface area contributed by atoms with Gasteiger partial charge in [-0.3, -0.25) is 10.2 Å². The highest BCUT2D eigenvalue weighted by molar-refractivity contribution is 6.04. The van der Waals surface area contributed by atoms with Crippen LogP contribution in [0.3, 0.4) is 0 Å². The van der Waals surface area contributed by atoms with Crippen molar-refractivity contribution in [2.45, 2.75) is 12.5 Å². The number of cyclic esters (lactones) is 1. The molecule has 1 fully saturated rings. The van der Waals surface area contributed by atoms with Gasteiger partial charge in [-0.05, 0) is 37.3 Å². The number of hydrazine groups is 1. The summed E-state index contributed by atoms with van der Waals surface area (Å²) in [5, 5.41) is 0.639. The van der Waals surface area contributed by atoms with Crippen LogP contribution in [0.15, 0.2) is 48.5 Å². The van der Waals surface area contributed by atoms with Crippen LogP contribution >= 0.6 is 0 Å². The minimum atomic E-state index is -1.94. The van der Waals surface area contributed by atoms with Crippen molar-refractivity contribution < 1.29 is 23.1 Å². The fraction of sp³-hybridized carbons (Fsp3) is 0.125. The lowest BCUT2D eigenvalue weighted by atomic mass is 9.94. The van der Waals surface area contributed by atoms with Crippen molar-refractivity contribution in [3.05, 3.63) is 65.7 Å². The lowest BCUT2D eigenvalue weighted by Gasteiger charge is -2.21. The summed E-state index contributed by atoms with van der Waals surface area (Å²) in [5.41, 5.74) is 0.787. The predicted molar refractivity (Wildman–Crippen MR) is 77.1 cm³/mol. The van der Waals surface area contributed by atoms with Crippen LogP contribution < -0.4 is 5.43 Å². The topological polar surface area (TPSA) is 58.6 Å². The molecule has 1 aliphatic rings. The largest absolute Gasteiger partial charge is 0.437 e. The summed E-state index contributed by atoms with van der Waals surface area (Å²) in [6.45, 7) is 1.22. The van der Waals surface area contributed by atoms with Crippen LogP contribution in [0.5, 0.6) is 0 Å². The highest BCUT2D eigenvalue weighted by atomic mass is 19.1. The van der Waals surface area contributed by atoms with E-state index in [4.69, 9.17) is 4.74 Å². The summed E-state index contributed by atoms with van der Waals surface area (Å²) in [4.78, 5) is 24.5. The summed E-state index contributed by atoms with van der Waals surface area (Å²) in [6, 6.07) is 11.1. The molecule has 2 amide bonds. The number of amides is 2. The third-order valence-electron chi connectivity index (χ3n) is 3.54. The van der Waals surface area contributed by atoms with Gasteiger partial charge in [-0.2, -0.15) is 0 Å². The fourth-order valence-corrected chi connectivity index (χ4v) is 2.33. The molecule has 5 nitrogen and oxygen atoms in total. The minimum Gasteiger partial charge on any atom is -0.426 e. The van der Waals surface area contributed by atoms with Gasteiger partial charge in [0, 0.05) is 5.56 Å². The average Bonchev–Trinajstić information content (AvgIpc) is 2.75. The third-order valence-corrected chi connectivity index (χ3v) is 3.54. The second-order valence-corrected chi connectivity index (χ2v) is 5.14. The maximum absolute atomic E-state index is 14.0. The molecule has 1 saturated heterocycles. The molecule has 0 aliphatic carbocycles. The Kier molecular flexibility index (Phi) is 3.48. The zero-order chi connectivity index (χ0) is 16.6. The summed E-state index contributed by atoms with van der Waals surface area (Å²) in [6.07, 6.45) is -0.995. The molecule has 7 heteroatoms. The Balaban J connectivity index is 1.95. The Morgan fingerprint density at radius 2 is 1.78 bits per heavy atom. The van der Waals surface area contributed by atoms with Crippen LogP contribution in [-0.4, -0.2) is 17.0 Å². The number of nitrogens with zero attached hydrogens (tertiary/aromatic N) is 1. The highest BCUT2D eigenvalue weighted by Gasteiger charge is 2.53. The van der Waals surface area contributed by atoms with E-state index in [1.807, 2.05) is 0 Å². The van der Waals surface area contributed by atoms with Gasteiger partial charge >= 0.3 is 6.09 Å². The zero-order valence-corrected chi connectivity index (χ0v) is 12.0. The van der Waals surface area contributed by atoms with Crippen LogP contribution in [-0.2, 0) is 15.1 Å². The Morgan fingerprint density at radius 3 is 2.48 bits per heavy atom. The molecule has 1 unspecified atom stereocenters. The van der Waals surface area contributed by atoms with Gasteiger partial charge in [0.05, 0.1) is 5.69 Å². The number of hydrogen-bond acceptors (Lipinski definition) is 4. The average molecular weight is 318 g/mol. The first kappa shape index (κ1) is 15.0. The third kappa shape index (κ3) is 2.50. The molecule has 1 N–H and O–H groups in total. The molecule has 23 heavy (non-hydrogen) atoms. The summed E-state index contributed by atoms with van der Waals surface area (Å²) >= 11 is 0. The van der Waals surface area contributed by atoms with E-state index in [-0.39, 0.29) is 5.56 Å². The van der Waals surface area contributed by atoms with Crippen LogP contribution in [0.1, 0.15) is 12.5 Å². The minimum absolute atomic E-state index is 0.340. The molecule has 1 heterocycles. The SMILES string of the molecule is CC1(c2cc(F)ccc2F)OC(=O)N(Nc2ccccc2)C1=O. The van der Waals surface area contributed by atoms with Crippen molar-refractivity contribution in [3.8, 4) is 0 Å². The second kappa shape index (κ2) is 5.35. The van der Waals surface area contributed by atoms with Gasteiger partial charge in [0.15, 0.2) is 0 Å². The molecule has 0 saturated carbocycles. The first-order valence-electron chi connectivity index (χ1n) is 6.76. The van der Waals surface area contributed by atoms with Gasteiger partial charge in [-0.1, -0.05) is 18.2 Å². The molecule has 2 aromatic carbocycles. The van der Waals surface area contributed by atoms with Crippen molar-refractivity contribution in [3.63, 3.8) is 0 Å². The molecule has 3 rings (SSSR count). The van der Waals surface area contributed by atoms with Crippen molar-refractivity contribution in [1.29, 1.82) is 0 Å². The molecule has 118 valence electrons. The van der Waals surface area contributed by atoms with Crippen LogP contribution in [0, 0.1) is 11.6 Å². The first-order valence-corrected chi connectivity index (χ1v) is 6.76. The molecular formula is C16H12F2N2O3. The standard InChI is InChI=1S/C16H12F2N2O3/c1-16(12-9-10(17)7-8-13(12)18)14(21)20(15(22)23-16)19-11-5-3-2-4-6-11/h2-9,19H,1H3. The number of para-hydroxylation sites is 1. The quantitative estimate of drug-likeness (QED) is 0.944. The van der Waals surface area contributed by atoms with Crippen molar-refractivity contribution in [2.24, 2.45) is 0 Å². The summed E-state index contributed by atoms with van der Waals surface area (Å²) < 4.78 is 32.4. The Bertz CT molecular complexity index is 782. The van der Waals surface area contributed by atoms with Crippen LogP contribution in [0.25, 0.3) is 0 Å². The van der Waals surface area contributed by atoms with Gasteiger partial charge < -0.3 is 4.74 Å². The Morgan fingerprint density at radius 1 is 1.09 bits per heavy atom. The van der Waals surface area contributed by atoms with Crippen LogP contribution in [0.4, 0.5) is 19.3 Å².